The quantitative estimate of drug-likeness (QED) is 0.527. The molecule has 8 heteroatoms. The molecule has 2 fully saturated rings. The molecule has 0 bridgehead atoms. The fraction of sp³-hybridized carbons (Fsp3) is 0.444. The molecule has 0 spiro atoms. The number of carbonyl (C=O) groups is 4. The van der Waals surface area contributed by atoms with Gasteiger partial charge in [0, 0.05) is 6.04 Å². The summed E-state index contributed by atoms with van der Waals surface area (Å²) in [6.07, 6.45) is 0. The van der Waals surface area contributed by atoms with E-state index in [1.54, 1.807) is 38.1 Å². The Balaban J connectivity index is 2.05. The van der Waals surface area contributed by atoms with E-state index in [0.29, 0.717) is 11.1 Å². The van der Waals surface area contributed by atoms with Gasteiger partial charge in [0.05, 0.1) is 24.5 Å². The van der Waals surface area contributed by atoms with Crippen molar-refractivity contribution in [2.75, 3.05) is 7.11 Å². The second kappa shape index (κ2) is 6.21. The molecule has 3 rings (SSSR count). The lowest BCUT2D eigenvalue weighted by molar-refractivity contribution is -0.151. The lowest BCUT2D eigenvalue weighted by Gasteiger charge is -2.33. The van der Waals surface area contributed by atoms with Crippen LogP contribution in [0, 0.1) is 17.8 Å². The normalized spacial score (nSPS) is 30.2. The SMILES string of the molecule is COC(=O)c1ccc(C2NC(C(=O)O)(C(C)C)C3C(=O)NC(=O)C23)cc1. The number of fused-ring (bicyclic) bond motifs is 1. The van der Waals surface area contributed by atoms with Gasteiger partial charge < -0.3 is 9.84 Å². The number of imide groups is 1. The summed E-state index contributed by atoms with van der Waals surface area (Å²) in [7, 11) is 1.28. The van der Waals surface area contributed by atoms with Crippen LogP contribution in [0.25, 0.3) is 0 Å². The average molecular weight is 360 g/mol. The number of rotatable bonds is 4. The lowest BCUT2D eigenvalue weighted by atomic mass is 9.73. The Morgan fingerprint density at radius 1 is 1.15 bits per heavy atom. The minimum atomic E-state index is -1.55. The van der Waals surface area contributed by atoms with Gasteiger partial charge in [0.25, 0.3) is 0 Å². The van der Waals surface area contributed by atoms with Gasteiger partial charge in [-0.1, -0.05) is 26.0 Å². The first-order valence-corrected chi connectivity index (χ1v) is 8.28. The van der Waals surface area contributed by atoms with Crippen LogP contribution < -0.4 is 10.6 Å². The summed E-state index contributed by atoms with van der Waals surface area (Å²) >= 11 is 0. The van der Waals surface area contributed by atoms with E-state index in [4.69, 9.17) is 0 Å². The molecule has 26 heavy (non-hydrogen) atoms. The van der Waals surface area contributed by atoms with Crippen LogP contribution in [0.3, 0.4) is 0 Å². The van der Waals surface area contributed by atoms with Crippen molar-refractivity contribution in [2.45, 2.75) is 25.4 Å². The fourth-order valence-corrected chi connectivity index (χ4v) is 4.07. The van der Waals surface area contributed by atoms with Gasteiger partial charge in [-0.2, -0.15) is 0 Å². The summed E-state index contributed by atoms with van der Waals surface area (Å²) in [4.78, 5) is 48.4. The Labute approximate surface area is 149 Å². The first-order valence-electron chi connectivity index (χ1n) is 8.28. The van der Waals surface area contributed by atoms with Crippen LogP contribution in [0.15, 0.2) is 24.3 Å². The molecule has 0 saturated carbocycles. The zero-order valence-corrected chi connectivity index (χ0v) is 14.6. The highest BCUT2D eigenvalue weighted by molar-refractivity contribution is 6.09. The molecule has 0 aromatic heterocycles. The number of benzene rings is 1. The highest BCUT2D eigenvalue weighted by Crippen LogP contribution is 2.49. The number of carbonyl (C=O) groups excluding carboxylic acids is 3. The van der Waals surface area contributed by atoms with Crippen LogP contribution >= 0.6 is 0 Å². The third kappa shape index (κ3) is 2.40. The molecule has 0 radical (unpaired) electrons. The van der Waals surface area contributed by atoms with Gasteiger partial charge >= 0.3 is 11.9 Å². The summed E-state index contributed by atoms with van der Waals surface area (Å²) in [6.45, 7) is 3.41. The van der Waals surface area contributed by atoms with Crippen LogP contribution in [0.5, 0.6) is 0 Å². The smallest absolute Gasteiger partial charge is 0.337 e. The van der Waals surface area contributed by atoms with E-state index in [9.17, 15) is 24.3 Å². The molecule has 8 nitrogen and oxygen atoms in total. The second-order valence-corrected chi connectivity index (χ2v) is 6.92. The van der Waals surface area contributed by atoms with E-state index in [2.05, 4.69) is 15.4 Å². The number of amides is 2. The Morgan fingerprint density at radius 3 is 2.27 bits per heavy atom. The standard InChI is InChI=1S/C18H20N2O6/c1-8(2)18(17(24)25)12-11(14(21)19-15(12)22)13(20-18)9-4-6-10(7-5-9)16(23)26-3/h4-8,11-13,20H,1-3H3,(H,24,25)(H,19,21,22). The van der Waals surface area contributed by atoms with E-state index >= 15 is 0 Å². The molecule has 2 aliphatic heterocycles. The molecule has 4 atom stereocenters. The second-order valence-electron chi connectivity index (χ2n) is 6.92. The van der Waals surface area contributed by atoms with Gasteiger partial charge in [-0.05, 0) is 23.6 Å². The van der Waals surface area contributed by atoms with Crippen LogP contribution in [0.2, 0.25) is 0 Å². The van der Waals surface area contributed by atoms with Crippen molar-refractivity contribution >= 4 is 23.8 Å². The molecule has 4 unspecified atom stereocenters. The Morgan fingerprint density at radius 2 is 1.77 bits per heavy atom. The van der Waals surface area contributed by atoms with E-state index in [-0.39, 0.29) is 0 Å². The van der Waals surface area contributed by atoms with Crippen LogP contribution in [-0.4, -0.2) is 41.5 Å². The molecule has 1 aromatic carbocycles. The highest BCUT2D eigenvalue weighted by atomic mass is 16.5. The van der Waals surface area contributed by atoms with Crippen molar-refractivity contribution in [3.05, 3.63) is 35.4 Å². The first-order chi connectivity index (χ1) is 12.2. The van der Waals surface area contributed by atoms with E-state index in [0.717, 1.165) is 0 Å². The maximum atomic E-state index is 12.4. The van der Waals surface area contributed by atoms with Crippen molar-refractivity contribution < 1.29 is 29.0 Å². The maximum absolute atomic E-state index is 12.4. The number of esters is 1. The van der Waals surface area contributed by atoms with E-state index < -0.39 is 53.1 Å². The predicted molar refractivity (Wildman–Crippen MR) is 89.0 cm³/mol. The molecule has 2 amide bonds. The van der Waals surface area contributed by atoms with Crippen molar-refractivity contribution in [3.63, 3.8) is 0 Å². The first kappa shape index (κ1) is 18.1. The fourth-order valence-electron chi connectivity index (χ4n) is 4.07. The highest BCUT2D eigenvalue weighted by Gasteiger charge is 2.67. The van der Waals surface area contributed by atoms with Gasteiger partial charge in [0.15, 0.2) is 0 Å². The number of aliphatic carboxylic acids is 1. The molecule has 138 valence electrons. The van der Waals surface area contributed by atoms with Crippen molar-refractivity contribution in [3.8, 4) is 0 Å². The summed E-state index contributed by atoms with van der Waals surface area (Å²) < 4.78 is 4.66. The minimum absolute atomic E-state index is 0.339. The van der Waals surface area contributed by atoms with Gasteiger partial charge in [-0.15, -0.1) is 0 Å². The zero-order valence-electron chi connectivity index (χ0n) is 14.6. The maximum Gasteiger partial charge on any atom is 0.337 e. The minimum Gasteiger partial charge on any atom is -0.480 e. The summed E-state index contributed by atoms with van der Waals surface area (Å²) in [5.74, 6) is -4.98. The molecular formula is C18H20N2O6. The van der Waals surface area contributed by atoms with Crippen molar-refractivity contribution in [2.24, 2.45) is 17.8 Å². The van der Waals surface area contributed by atoms with Gasteiger partial charge in [-0.25, -0.2) is 4.79 Å². The Kier molecular flexibility index (Phi) is 4.31. The van der Waals surface area contributed by atoms with Gasteiger partial charge in [0.1, 0.15) is 5.54 Å². The number of hydrogen-bond acceptors (Lipinski definition) is 6. The average Bonchev–Trinajstić information content (AvgIpc) is 3.12. The van der Waals surface area contributed by atoms with Crippen molar-refractivity contribution in [1.82, 2.24) is 10.6 Å². The van der Waals surface area contributed by atoms with Crippen LogP contribution in [0.1, 0.15) is 35.8 Å². The largest absolute Gasteiger partial charge is 0.480 e. The monoisotopic (exact) mass is 360 g/mol. The third-order valence-electron chi connectivity index (χ3n) is 5.39. The third-order valence-corrected chi connectivity index (χ3v) is 5.39. The Bertz CT molecular complexity index is 787. The molecule has 3 N–H and O–H groups in total. The Hall–Kier alpha value is -2.74. The number of carboxylic acid groups (broad SMARTS) is 1. The summed E-state index contributed by atoms with van der Waals surface area (Å²) in [5.41, 5.74) is -0.584. The van der Waals surface area contributed by atoms with Crippen LogP contribution in [0.4, 0.5) is 0 Å². The van der Waals surface area contributed by atoms with E-state index in [1.807, 2.05) is 0 Å². The molecule has 1 aromatic rings. The topological polar surface area (TPSA) is 122 Å². The lowest BCUT2D eigenvalue weighted by Crippen LogP contribution is -2.59. The number of hydrogen-bond donors (Lipinski definition) is 3. The molecular weight excluding hydrogens is 340 g/mol. The number of ether oxygens (including phenoxy) is 1. The predicted octanol–water partition coefficient (Wildman–Crippen LogP) is 0.486. The molecule has 2 heterocycles. The van der Waals surface area contributed by atoms with Crippen LogP contribution in [-0.2, 0) is 19.1 Å². The number of nitrogens with one attached hydrogen (secondary N) is 2. The van der Waals surface area contributed by atoms with Crippen molar-refractivity contribution in [1.29, 1.82) is 0 Å². The van der Waals surface area contributed by atoms with Gasteiger partial charge in [-0.3, -0.25) is 25.0 Å². The number of methoxy groups -OCH3 is 1. The van der Waals surface area contributed by atoms with E-state index in [1.165, 1.54) is 7.11 Å². The molecule has 2 aliphatic rings. The van der Waals surface area contributed by atoms with Gasteiger partial charge in [0.2, 0.25) is 11.8 Å². The number of carboxylic acids is 1. The molecule has 0 aliphatic carbocycles. The summed E-state index contributed by atoms with van der Waals surface area (Å²) in [6, 6.07) is 5.70. The molecule has 2 saturated heterocycles. The zero-order chi connectivity index (χ0) is 19.2. The summed E-state index contributed by atoms with van der Waals surface area (Å²) in [5, 5.41) is 15.2.